The summed E-state index contributed by atoms with van der Waals surface area (Å²) in [5.74, 6) is -1.33. The first kappa shape index (κ1) is 24.1. The molecule has 12 heteroatoms. The van der Waals surface area contributed by atoms with Crippen LogP contribution in [0.15, 0.2) is 47.4 Å². The van der Waals surface area contributed by atoms with Gasteiger partial charge < -0.3 is 14.8 Å². The minimum Gasteiger partial charge on any atom is -0.494 e. The van der Waals surface area contributed by atoms with E-state index in [1.165, 1.54) is 46.8 Å². The zero-order valence-electron chi connectivity index (χ0n) is 17.9. The number of carbonyl (C=O) groups excluding carboxylic acids is 2. The predicted molar refractivity (Wildman–Crippen MR) is 118 cm³/mol. The molecule has 3 rings (SSSR count). The van der Waals surface area contributed by atoms with E-state index in [-0.39, 0.29) is 27.6 Å². The second-order valence-corrected chi connectivity index (χ2v) is 9.07. The highest BCUT2D eigenvalue weighted by Gasteiger charge is 2.27. The molecule has 1 saturated heterocycles. The number of anilines is 1. The standard InChI is InChI=1S/C21H23N3O8S/c1-2-31-16-7-10-18(19(13-16)24(27)28)22-20(25)14-32-21(26)15-5-8-17(9-6-15)33(29,30)23-11-3-4-12-23/h5-10,13H,2-4,11-12,14H2,1H3,(H,22,25). The Balaban J connectivity index is 1.59. The molecule has 11 nitrogen and oxygen atoms in total. The van der Waals surface area contributed by atoms with Crippen molar-refractivity contribution < 1.29 is 32.4 Å². The Bertz CT molecular complexity index is 1140. The topological polar surface area (TPSA) is 145 Å². The Morgan fingerprint density at radius 1 is 1.12 bits per heavy atom. The van der Waals surface area contributed by atoms with E-state index in [0.717, 1.165) is 12.8 Å². The van der Waals surface area contributed by atoms with Gasteiger partial charge in [0.1, 0.15) is 11.4 Å². The van der Waals surface area contributed by atoms with Crippen LogP contribution in [0, 0.1) is 10.1 Å². The molecule has 2 aromatic carbocycles. The van der Waals surface area contributed by atoms with Crippen molar-refractivity contribution in [3.8, 4) is 5.75 Å². The van der Waals surface area contributed by atoms with Gasteiger partial charge in [0.15, 0.2) is 6.61 Å². The summed E-state index contributed by atoms with van der Waals surface area (Å²) in [6, 6.07) is 9.21. The molecule has 1 aliphatic rings. The summed E-state index contributed by atoms with van der Waals surface area (Å²) in [7, 11) is -3.61. The molecule has 1 fully saturated rings. The first-order valence-corrected chi connectivity index (χ1v) is 11.6. The van der Waals surface area contributed by atoms with Crippen LogP contribution in [0.25, 0.3) is 0 Å². The monoisotopic (exact) mass is 477 g/mol. The van der Waals surface area contributed by atoms with Crippen LogP contribution in [0.3, 0.4) is 0 Å². The normalized spacial score (nSPS) is 14.0. The summed E-state index contributed by atoms with van der Waals surface area (Å²) in [4.78, 5) is 35.0. The average molecular weight is 477 g/mol. The van der Waals surface area contributed by atoms with Crippen molar-refractivity contribution in [2.24, 2.45) is 0 Å². The summed E-state index contributed by atoms with van der Waals surface area (Å²) in [6.45, 7) is 2.30. The van der Waals surface area contributed by atoms with Crippen LogP contribution in [0.2, 0.25) is 0 Å². The highest BCUT2D eigenvalue weighted by Crippen LogP contribution is 2.29. The lowest BCUT2D eigenvalue weighted by Gasteiger charge is -2.15. The van der Waals surface area contributed by atoms with Crippen molar-refractivity contribution in [1.82, 2.24) is 4.31 Å². The Kier molecular flexibility index (Phi) is 7.61. The lowest BCUT2D eigenvalue weighted by atomic mass is 10.2. The Morgan fingerprint density at radius 3 is 2.39 bits per heavy atom. The molecule has 0 saturated carbocycles. The average Bonchev–Trinajstić information content (AvgIpc) is 3.34. The molecule has 1 N–H and O–H groups in total. The molecule has 0 unspecified atom stereocenters. The van der Waals surface area contributed by atoms with Gasteiger partial charge in [0.2, 0.25) is 10.0 Å². The van der Waals surface area contributed by atoms with Gasteiger partial charge >= 0.3 is 5.97 Å². The van der Waals surface area contributed by atoms with Gasteiger partial charge in [-0.05, 0) is 56.2 Å². The molecule has 0 bridgehead atoms. The van der Waals surface area contributed by atoms with Crippen LogP contribution < -0.4 is 10.1 Å². The van der Waals surface area contributed by atoms with Gasteiger partial charge in [0.25, 0.3) is 11.6 Å². The van der Waals surface area contributed by atoms with Gasteiger partial charge in [0.05, 0.1) is 28.1 Å². The van der Waals surface area contributed by atoms with E-state index < -0.39 is 33.4 Å². The summed E-state index contributed by atoms with van der Waals surface area (Å²) in [6.07, 6.45) is 1.62. The van der Waals surface area contributed by atoms with E-state index in [1.54, 1.807) is 6.92 Å². The lowest BCUT2D eigenvalue weighted by molar-refractivity contribution is -0.384. The third-order valence-electron chi connectivity index (χ3n) is 4.88. The molecule has 1 amide bonds. The Labute approximate surface area is 190 Å². The molecule has 0 spiro atoms. The number of rotatable bonds is 9. The molecule has 33 heavy (non-hydrogen) atoms. The number of nitro benzene ring substituents is 1. The van der Waals surface area contributed by atoms with Gasteiger partial charge in [-0.25, -0.2) is 13.2 Å². The summed E-state index contributed by atoms with van der Waals surface area (Å²) in [5.41, 5.74) is -0.369. The highest BCUT2D eigenvalue weighted by molar-refractivity contribution is 7.89. The number of nitrogens with one attached hydrogen (secondary N) is 1. The number of nitrogens with zero attached hydrogens (tertiary/aromatic N) is 2. The molecule has 0 aromatic heterocycles. The minimum atomic E-state index is -3.61. The van der Waals surface area contributed by atoms with Crippen molar-refractivity contribution in [1.29, 1.82) is 0 Å². The van der Waals surface area contributed by atoms with Crippen LogP contribution in [-0.4, -0.2) is 55.8 Å². The van der Waals surface area contributed by atoms with Crippen molar-refractivity contribution in [3.05, 3.63) is 58.1 Å². The number of sulfonamides is 1. The second kappa shape index (κ2) is 10.4. The lowest BCUT2D eigenvalue weighted by Crippen LogP contribution is -2.27. The number of nitro groups is 1. The van der Waals surface area contributed by atoms with E-state index in [0.29, 0.717) is 19.7 Å². The van der Waals surface area contributed by atoms with E-state index in [2.05, 4.69) is 5.32 Å². The van der Waals surface area contributed by atoms with E-state index in [9.17, 15) is 28.1 Å². The van der Waals surface area contributed by atoms with Crippen molar-refractivity contribution in [2.45, 2.75) is 24.7 Å². The number of hydrogen-bond acceptors (Lipinski definition) is 8. The minimum absolute atomic E-state index is 0.0650. The number of amides is 1. The van der Waals surface area contributed by atoms with Crippen LogP contribution in [-0.2, 0) is 19.6 Å². The molecule has 2 aromatic rings. The van der Waals surface area contributed by atoms with Crippen molar-refractivity contribution in [3.63, 3.8) is 0 Å². The van der Waals surface area contributed by atoms with Gasteiger partial charge in [0, 0.05) is 13.1 Å². The quantitative estimate of drug-likeness (QED) is 0.329. The van der Waals surface area contributed by atoms with Gasteiger partial charge in [-0.2, -0.15) is 4.31 Å². The number of benzene rings is 2. The van der Waals surface area contributed by atoms with E-state index in [1.807, 2.05) is 0 Å². The van der Waals surface area contributed by atoms with Gasteiger partial charge in [-0.1, -0.05) is 0 Å². The molecular weight excluding hydrogens is 454 g/mol. The zero-order valence-corrected chi connectivity index (χ0v) is 18.7. The number of hydrogen-bond donors (Lipinski definition) is 1. The fourth-order valence-electron chi connectivity index (χ4n) is 3.27. The summed E-state index contributed by atoms with van der Waals surface area (Å²) in [5, 5.41) is 13.6. The number of carbonyl (C=O) groups is 2. The van der Waals surface area contributed by atoms with Crippen LogP contribution in [0.4, 0.5) is 11.4 Å². The Morgan fingerprint density at radius 2 is 1.79 bits per heavy atom. The van der Waals surface area contributed by atoms with E-state index >= 15 is 0 Å². The van der Waals surface area contributed by atoms with Crippen LogP contribution in [0.1, 0.15) is 30.1 Å². The molecule has 0 aliphatic carbocycles. The first-order chi connectivity index (χ1) is 15.7. The molecule has 176 valence electrons. The fourth-order valence-corrected chi connectivity index (χ4v) is 4.78. The smallest absolute Gasteiger partial charge is 0.338 e. The molecule has 1 heterocycles. The van der Waals surface area contributed by atoms with Gasteiger partial charge in [-0.3, -0.25) is 14.9 Å². The first-order valence-electron chi connectivity index (χ1n) is 10.2. The molecule has 0 atom stereocenters. The summed E-state index contributed by atoms with van der Waals surface area (Å²) >= 11 is 0. The summed E-state index contributed by atoms with van der Waals surface area (Å²) < 4.78 is 36.6. The van der Waals surface area contributed by atoms with Crippen molar-refractivity contribution in [2.75, 3.05) is 31.6 Å². The molecular formula is C21H23N3O8S. The Hall–Kier alpha value is -3.51. The maximum absolute atomic E-state index is 12.5. The predicted octanol–water partition coefficient (Wildman–Crippen LogP) is 2.57. The maximum atomic E-state index is 12.5. The maximum Gasteiger partial charge on any atom is 0.338 e. The highest BCUT2D eigenvalue weighted by atomic mass is 32.2. The zero-order chi connectivity index (χ0) is 24.0. The third kappa shape index (κ3) is 5.84. The van der Waals surface area contributed by atoms with Crippen molar-refractivity contribution >= 4 is 33.3 Å². The second-order valence-electron chi connectivity index (χ2n) is 7.13. The SMILES string of the molecule is CCOc1ccc(NC(=O)COC(=O)c2ccc(S(=O)(=O)N3CCCC3)cc2)c([N+](=O)[O-])c1. The third-order valence-corrected chi connectivity index (χ3v) is 6.79. The van der Waals surface area contributed by atoms with E-state index in [4.69, 9.17) is 9.47 Å². The molecule has 0 radical (unpaired) electrons. The number of ether oxygens (including phenoxy) is 2. The largest absolute Gasteiger partial charge is 0.494 e. The van der Waals surface area contributed by atoms with Gasteiger partial charge in [-0.15, -0.1) is 0 Å². The van der Waals surface area contributed by atoms with Crippen LogP contribution >= 0.6 is 0 Å². The number of esters is 1. The van der Waals surface area contributed by atoms with Crippen LogP contribution in [0.5, 0.6) is 5.75 Å². The molecule has 1 aliphatic heterocycles. The fraction of sp³-hybridized carbons (Fsp3) is 0.333.